The molecule has 100 valence electrons. The van der Waals surface area contributed by atoms with Crippen LogP contribution >= 0.6 is 0 Å². The van der Waals surface area contributed by atoms with Crippen molar-refractivity contribution in [3.8, 4) is 0 Å². The molecule has 0 atom stereocenters. The summed E-state index contributed by atoms with van der Waals surface area (Å²) in [5.74, 6) is 1.47. The molecule has 4 nitrogen and oxygen atoms in total. The van der Waals surface area contributed by atoms with Gasteiger partial charge in [-0.3, -0.25) is 0 Å². The van der Waals surface area contributed by atoms with Gasteiger partial charge in [-0.15, -0.1) is 0 Å². The van der Waals surface area contributed by atoms with Gasteiger partial charge in [0.05, 0.1) is 0 Å². The maximum Gasteiger partial charge on any atom is 0.224 e. The van der Waals surface area contributed by atoms with Gasteiger partial charge in [-0.2, -0.15) is 4.98 Å². The maximum atomic E-state index is 4.42. The van der Waals surface area contributed by atoms with Crippen LogP contribution < -0.4 is 10.6 Å². The van der Waals surface area contributed by atoms with E-state index in [4.69, 9.17) is 0 Å². The maximum absolute atomic E-state index is 4.42. The summed E-state index contributed by atoms with van der Waals surface area (Å²) in [6, 6.07) is 8.15. The molecular formula is C15H20N4. The van der Waals surface area contributed by atoms with E-state index in [-0.39, 0.29) is 0 Å². The summed E-state index contributed by atoms with van der Waals surface area (Å²) in [6.45, 7) is 7.21. The summed E-state index contributed by atoms with van der Waals surface area (Å²) >= 11 is 0. The van der Waals surface area contributed by atoms with E-state index < -0.39 is 0 Å². The SMILES string of the molecule is CCCNc1nccc(Nc2ccc(C)c(C)c2)n1. The molecule has 0 fully saturated rings. The molecule has 1 aromatic carbocycles. The molecule has 0 aliphatic carbocycles. The van der Waals surface area contributed by atoms with E-state index in [1.165, 1.54) is 11.1 Å². The lowest BCUT2D eigenvalue weighted by Gasteiger charge is -2.09. The first-order valence-corrected chi connectivity index (χ1v) is 6.60. The van der Waals surface area contributed by atoms with Gasteiger partial charge in [0.1, 0.15) is 5.82 Å². The van der Waals surface area contributed by atoms with Crippen molar-refractivity contribution in [3.05, 3.63) is 41.6 Å². The number of aryl methyl sites for hydroxylation is 2. The minimum atomic E-state index is 0.663. The molecule has 0 amide bonds. The number of hydrogen-bond donors (Lipinski definition) is 2. The van der Waals surface area contributed by atoms with E-state index in [1.807, 2.05) is 6.07 Å². The van der Waals surface area contributed by atoms with Crippen molar-refractivity contribution in [1.29, 1.82) is 0 Å². The fourth-order valence-corrected chi connectivity index (χ4v) is 1.72. The molecule has 2 aromatic rings. The molecule has 0 saturated carbocycles. The highest BCUT2D eigenvalue weighted by molar-refractivity contribution is 5.58. The average molecular weight is 256 g/mol. The van der Waals surface area contributed by atoms with Crippen molar-refractivity contribution in [2.45, 2.75) is 27.2 Å². The van der Waals surface area contributed by atoms with Gasteiger partial charge in [0, 0.05) is 18.4 Å². The van der Waals surface area contributed by atoms with Crippen LogP contribution in [0.1, 0.15) is 24.5 Å². The quantitative estimate of drug-likeness (QED) is 0.857. The van der Waals surface area contributed by atoms with E-state index in [2.05, 4.69) is 59.6 Å². The Morgan fingerprint density at radius 2 is 1.95 bits per heavy atom. The third-order valence-electron chi connectivity index (χ3n) is 2.97. The highest BCUT2D eigenvalue weighted by Crippen LogP contribution is 2.18. The van der Waals surface area contributed by atoms with Gasteiger partial charge < -0.3 is 10.6 Å². The Kier molecular flexibility index (Phi) is 4.34. The molecule has 0 radical (unpaired) electrons. The normalized spacial score (nSPS) is 10.3. The van der Waals surface area contributed by atoms with Crippen LogP contribution in [0.4, 0.5) is 17.5 Å². The Hall–Kier alpha value is -2.10. The molecule has 0 aliphatic rings. The van der Waals surface area contributed by atoms with Gasteiger partial charge in [0.2, 0.25) is 5.95 Å². The van der Waals surface area contributed by atoms with Crippen molar-refractivity contribution >= 4 is 17.5 Å². The van der Waals surface area contributed by atoms with Crippen LogP contribution in [0.3, 0.4) is 0 Å². The molecule has 2 rings (SSSR count). The Morgan fingerprint density at radius 1 is 1.11 bits per heavy atom. The first-order chi connectivity index (χ1) is 9.19. The molecule has 0 bridgehead atoms. The topological polar surface area (TPSA) is 49.8 Å². The summed E-state index contributed by atoms with van der Waals surface area (Å²) in [4.78, 5) is 8.61. The zero-order valence-corrected chi connectivity index (χ0v) is 11.7. The molecule has 1 heterocycles. The summed E-state index contributed by atoms with van der Waals surface area (Å²) in [5.41, 5.74) is 3.60. The molecule has 4 heteroatoms. The molecule has 1 aromatic heterocycles. The smallest absolute Gasteiger partial charge is 0.224 e. The van der Waals surface area contributed by atoms with Crippen LogP contribution in [0, 0.1) is 13.8 Å². The summed E-state index contributed by atoms with van der Waals surface area (Å²) < 4.78 is 0. The largest absolute Gasteiger partial charge is 0.354 e. The van der Waals surface area contributed by atoms with Gasteiger partial charge >= 0.3 is 0 Å². The van der Waals surface area contributed by atoms with Crippen LogP contribution in [0.2, 0.25) is 0 Å². The second-order valence-corrected chi connectivity index (χ2v) is 4.62. The fraction of sp³-hybridized carbons (Fsp3) is 0.333. The first kappa shape index (κ1) is 13.3. The number of aromatic nitrogens is 2. The number of nitrogens with one attached hydrogen (secondary N) is 2. The van der Waals surface area contributed by atoms with Crippen molar-refractivity contribution < 1.29 is 0 Å². The first-order valence-electron chi connectivity index (χ1n) is 6.60. The highest BCUT2D eigenvalue weighted by atomic mass is 15.1. The van der Waals surface area contributed by atoms with Gasteiger partial charge in [0.15, 0.2) is 0 Å². The van der Waals surface area contributed by atoms with Crippen molar-refractivity contribution in [3.63, 3.8) is 0 Å². The number of hydrogen-bond acceptors (Lipinski definition) is 4. The third-order valence-corrected chi connectivity index (χ3v) is 2.97. The van der Waals surface area contributed by atoms with E-state index in [0.717, 1.165) is 24.5 Å². The Bertz CT molecular complexity index is 552. The van der Waals surface area contributed by atoms with Gasteiger partial charge in [-0.05, 0) is 49.6 Å². The van der Waals surface area contributed by atoms with Crippen LogP contribution in [0.5, 0.6) is 0 Å². The van der Waals surface area contributed by atoms with Gasteiger partial charge in [-0.25, -0.2) is 4.98 Å². The van der Waals surface area contributed by atoms with Crippen molar-refractivity contribution in [2.24, 2.45) is 0 Å². The fourth-order valence-electron chi connectivity index (χ4n) is 1.72. The van der Waals surface area contributed by atoms with Crippen LogP contribution in [-0.2, 0) is 0 Å². The number of rotatable bonds is 5. The van der Waals surface area contributed by atoms with E-state index in [0.29, 0.717) is 5.95 Å². The lowest BCUT2D eigenvalue weighted by atomic mass is 10.1. The predicted octanol–water partition coefficient (Wildman–Crippen LogP) is 3.66. The number of anilines is 3. The molecule has 0 spiro atoms. The van der Waals surface area contributed by atoms with Gasteiger partial charge in [-0.1, -0.05) is 13.0 Å². The van der Waals surface area contributed by atoms with Crippen LogP contribution in [0.25, 0.3) is 0 Å². The molecule has 2 N–H and O–H groups in total. The number of nitrogens with zero attached hydrogens (tertiary/aromatic N) is 2. The minimum Gasteiger partial charge on any atom is -0.354 e. The van der Waals surface area contributed by atoms with E-state index >= 15 is 0 Å². The Balaban J connectivity index is 2.11. The Morgan fingerprint density at radius 3 is 2.68 bits per heavy atom. The molecular weight excluding hydrogens is 236 g/mol. The summed E-state index contributed by atoms with van der Waals surface area (Å²) in [7, 11) is 0. The second-order valence-electron chi connectivity index (χ2n) is 4.62. The second kappa shape index (κ2) is 6.18. The van der Waals surface area contributed by atoms with E-state index in [1.54, 1.807) is 6.20 Å². The zero-order valence-electron chi connectivity index (χ0n) is 11.7. The zero-order chi connectivity index (χ0) is 13.7. The minimum absolute atomic E-state index is 0.663. The van der Waals surface area contributed by atoms with Crippen LogP contribution in [0.15, 0.2) is 30.5 Å². The molecule has 19 heavy (non-hydrogen) atoms. The van der Waals surface area contributed by atoms with E-state index in [9.17, 15) is 0 Å². The Labute approximate surface area is 114 Å². The lowest BCUT2D eigenvalue weighted by molar-refractivity contribution is 0.953. The highest BCUT2D eigenvalue weighted by Gasteiger charge is 2.00. The summed E-state index contributed by atoms with van der Waals surface area (Å²) in [5, 5.41) is 6.48. The van der Waals surface area contributed by atoms with Crippen molar-refractivity contribution in [1.82, 2.24) is 9.97 Å². The van der Waals surface area contributed by atoms with Gasteiger partial charge in [0.25, 0.3) is 0 Å². The number of benzene rings is 1. The van der Waals surface area contributed by atoms with Crippen molar-refractivity contribution in [2.75, 3.05) is 17.2 Å². The molecule has 0 aliphatic heterocycles. The standard InChI is InChI=1S/C15H20N4/c1-4-8-16-15-17-9-7-14(19-15)18-13-6-5-11(2)12(3)10-13/h5-7,9-10H,4,8H2,1-3H3,(H2,16,17,18,19). The predicted molar refractivity (Wildman–Crippen MR) is 80.0 cm³/mol. The molecule has 0 saturated heterocycles. The summed E-state index contributed by atoms with van der Waals surface area (Å²) in [6.07, 6.45) is 2.81. The third kappa shape index (κ3) is 3.68. The molecule has 0 unspecified atom stereocenters. The van der Waals surface area contributed by atoms with Crippen LogP contribution in [-0.4, -0.2) is 16.5 Å². The lowest BCUT2D eigenvalue weighted by Crippen LogP contribution is -2.05. The monoisotopic (exact) mass is 256 g/mol. The average Bonchev–Trinajstić information content (AvgIpc) is 2.41.